The van der Waals surface area contributed by atoms with Gasteiger partial charge in [-0.2, -0.15) is 0 Å². The average molecular weight is 268 g/mol. The summed E-state index contributed by atoms with van der Waals surface area (Å²) in [6.07, 6.45) is 2.13. The summed E-state index contributed by atoms with van der Waals surface area (Å²) in [4.78, 5) is 0. The summed E-state index contributed by atoms with van der Waals surface area (Å²) in [5.74, 6) is 0.541. The molecule has 1 aliphatic heterocycles. The number of rotatable bonds is 4. The van der Waals surface area contributed by atoms with Gasteiger partial charge in [0.05, 0.1) is 6.61 Å². The van der Waals surface area contributed by atoms with Crippen molar-refractivity contribution >= 4 is 11.6 Å². The minimum Gasteiger partial charge on any atom is -0.381 e. The Bertz CT molecular complexity index is 381. The lowest BCUT2D eigenvalue weighted by Crippen LogP contribution is -2.46. The fourth-order valence-corrected chi connectivity index (χ4v) is 2.83. The Morgan fingerprint density at radius 1 is 1.44 bits per heavy atom. The molecule has 1 saturated heterocycles. The van der Waals surface area contributed by atoms with Gasteiger partial charge in [-0.15, -0.1) is 0 Å². The topological polar surface area (TPSA) is 21.3 Å². The summed E-state index contributed by atoms with van der Waals surface area (Å²) in [5, 5.41) is 4.47. The van der Waals surface area contributed by atoms with Crippen molar-refractivity contribution in [2.45, 2.75) is 38.8 Å². The number of hydrogen-bond acceptors (Lipinski definition) is 2. The second kappa shape index (κ2) is 6.55. The van der Waals surface area contributed by atoms with Gasteiger partial charge < -0.3 is 10.1 Å². The number of nitrogens with one attached hydrogen (secondary N) is 1. The van der Waals surface area contributed by atoms with Crippen molar-refractivity contribution in [1.29, 1.82) is 0 Å². The first-order valence-corrected chi connectivity index (χ1v) is 7.11. The zero-order valence-electron chi connectivity index (χ0n) is 11.2. The van der Waals surface area contributed by atoms with Crippen molar-refractivity contribution in [2.24, 2.45) is 5.92 Å². The molecule has 18 heavy (non-hydrogen) atoms. The molecule has 2 atom stereocenters. The van der Waals surface area contributed by atoms with Crippen LogP contribution in [0.15, 0.2) is 24.3 Å². The summed E-state index contributed by atoms with van der Waals surface area (Å²) >= 11 is 6.04. The highest BCUT2D eigenvalue weighted by Crippen LogP contribution is 2.21. The molecular formula is C15H22ClNO. The van der Waals surface area contributed by atoms with E-state index >= 15 is 0 Å². The molecule has 0 spiro atoms. The van der Waals surface area contributed by atoms with Crippen molar-refractivity contribution in [2.75, 3.05) is 13.2 Å². The zero-order valence-corrected chi connectivity index (χ0v) is 11.9. The van der Waals surface area contributed by atoms with E-state index in [1.165, 1.54) is 5.56 Å². The Morgan fingerprint density at radius 3 is 3.00 bits per heavy atom. The van der Waals surface area contributed by atoms with Gasteiger partial charge in [-0.1, -0.05) is 37.6 Å². The molecule has 2 unspecified atom stereocenters. The predicted octanol–water partition coefficient (Wildman–Crippen LogP) is 3.29. The highest BCUT2D eigenvalue weighted by molar-refractivity contribution is 6.30. The second-order valence-corrected chi connectivity index (χ2v) is 5.82. The van der Waals surface area contributed by atoms with E-state index in [1.807, 2.05) is 12.1 Å². The molecule has 0 bridgehead atoms. The number of ether oxygens (including phenoxy) is 1. The number of hydrogen-bond donors (Lipinski definition) is 1. The fraction of sp³-hybridized carbons (Fsp3) is 0.600. The van der Waals surface area contributed by atoms with Crippen molar-refractivity contribution in [3.8, 4) is 0 Å². The monoisotopic (exact) mass is 267 g/mol. The van der Waals surface area contributed by atoms with Gasteiger partial charge in [0, 0.05) is 29.6 Å². The lowest BCUT2D eigenvalue weighted by Gasteiger charge is -2.33. The van der Waals surface area contributed by atoms with E-state index < -0.39 is 0 Å². The molecule has 0 aliphatic carbocycles. The zero-order chi connectivity index (χ0) is 13.0. The van der Waals surface area contributed by atoms with Crippen LogP contribution in [0.3, 0.4) is 0 Å². The molecule has 2 nitrogen and oxygen atoms in total. The van der Waals surface area contributed by atoms with E-state index in [9.17, 15) is 0 Å². The van der Waals surface area contributed by atoms with Crippen LogP contribution in [0.1, 0.15) is 25.8 Å². The first-order chi connectivity index (χ1) is 8.65. The maximum Gasteiger partial charge on any atom is 0.0512 e. The van der Waals surface area contributed by atoms with E-state index in [0.29, 0.717) is 18.0 Å². The summed E-state index contributed by atoms with van der Waals surface area (Å²) in [6, 6.07) is 9.22. The van der Waals surface area contributed by atoms with Crippen LogP contribution in [0.4, 0.5) is 0 Å². The maximum absolute atomic E-state index is 6.04. The van der Waals surface area contributed by atoms with E-state index in [0.717, 1.165) is 31.1 Å². The third kappa shape index (κ3) is 3.98. The molecule has 1 heterocycles. The Labute approximate surface area is 115 Å². The largest absolute Gasteiger partial charge is 0.381 e. The highest BCUT2D eigenvalue weighted by atomic mass is 35.5. The second-order valence-electron chi connectivity index (χ2n) is 5.39. The number of halogens is 1. The Hall–Kier alpha value is -0.570. The fourth-order valence-electron chi connectivity index (χ4n) is 2.61. The van der Waals surface area contributed by atoms with Gasteiger partial charge in [0.1, 0.15) is 0 Å². The molecule has 0 saturated carbocycles. The number of benzene rings is 1. The first kappa shape index (κ1) is 13.9. The van der Waals surface area contributed by atoms with Gasteiger partial charge in [0.2, 0.25) is 0 Å². The van der Waals surface area contributed by atoms with Crippen molar-refractivity contribution in [1.82, 2.24) is 5.32 Å². The summed E-state index contributed by atoms with van der Waals surface area (Å²) < 4.78 is 5.62. The quantitative estimate of drug-likeness (QED) is 0.904. The van der Waals surface area contributed by atoms with E-state index in [4.69, 9.17) is 16.3 Å². The molecular weight excluding hydrogens is 246 g/mol. The standard InChI is InChI=1S/C15H22ClNO/c1-11(2)17-15-6-7-18-10-13(15)8-12-4-3-5-14(16)9-12/h3-5,9,11,13,15,17H,6-8,10H2,1-2H3. The van der Waals surface area contributed by atoms with Crippen molar-refractivity contribution < 1.29 is 4.74 Å². The summed E-state index contributed by atoms with van der Waals surface area (Å²) in [6.45, 7) is 6.12. The van der Waals surface area contributed by atoms with Crippen LogP contribution in [-0.2, 0) is 11.2 Å². The van der Waals surface area contributed by atoms with Crippen LogP contribution in [0.25, 0.3) is 0 Å². The average Bonchev–Trinajstić information content (AvgIpc) is 2.31. The molecule has 100 valence electrons. The minimum absolute atomic E-state index is 0.523. The van der Waals surface area contributed by atoms with Crippen LogP contribution in [0.2, 0.25) is 5.02 Å². The van der Waals surface area contributed by atoms with Gasteiger partial charge in [-0.25, -0.2) is 0 Å². The summed E-state index contributed by atoms with van der Waals surface area (Å²) in [5.41, 5.74) is 1.30. The first-order valence-electron chi connectivity index (χ1n) is 6.73. The summed E-state index contributed by atoms with van der Waals surface area (Å²) in [7, 11) is 0. The SMILES string of the molecule is CC(C)NC1CCOCC1Cc1cccc(Cl)c1. The van der Waals surface area contributed by atoms with E-state index in [2.05, 4.69) is 31.3 Å². The van der Waals surface area contributed by atoms with Gasteiger partial charge in [-0.3, -0.25) is 0 Å². The smallest absolute Gasteiger partial charge is 0.0512 e. The van der Waals surface area contributed by atoms with Gasteiger partial charge >= 0.3 is 0 Å². The molecule has 1 aromatic carbocycles. The van der Waals surface area contributed by atoms with Gasteiger partial charge in [0.25, 0.3) is 0 Å². The molecule has 2 rings (SSSR count). The van der Waals surface area contributed by atoms with Crippen molar-refractivity contribution in [3.05, 3.63) is 34.9 Å². The molecule has 1 aliphatic rings. The molecule has 1 aromatic rings. The molecule has 3 heteroatoms. The van der Waals surface area contributed by atoms with Crippen molar-refractivity contribution in [3.63, 3.8) is 0 Å². The van der Waals surface area contributed by atoms with Gasteiger partial charge in [0.15, 0.2) is 0 Å². The van der Waals surface area contributed by atoms with Crippen LogP contribution in [0.5, 0.6) is 0 Å². The predicted molar refractivity (Wildman–Crippen MR) is 76.1 cm³/mol. The van der Waals surface area contributed by atoms with Crippen LogP contribution in [0, 0.1) is 5.92 Å². The third-order valence-electron chi connectivity index (χ3n) is 3.41. The van der Waals surface area contributed by atoms with Gasteiger partial charge in [-0.05, 0) is 30.5 Å². The lowest BCUT2D eigenvalue weighted by molar-refractivity contribution is 0.0300. The normalized spacial score (nSPS) is 24.4. The lowest BCUT2D eigenvalue weighted by atomic mass is 9.89. The maximum atomic E-state index is 6.04. The van der Waals surface area contributed by atoms with E-state index in [-0.39, 0.29) is 0 Å². The highest BCUT2D eigenvalue weighted by Gasteiger charge is 2.26. The Morgan fingerprint density at radius 2 is 2.28 bits per heavy atom. The molecule has 0 radical (unpaired) electrons. The molecule has 0 amide bonds. The van der Waals surface area contributed by atoms with E-state index in [1.54, 1.807) is 0 Å². The third-order valence-corrected chi connectivity index (χ3v) is 3.64. The molecule has 1 N–H and O–H groups in total. The minimum atomic E-state index is 0.523. The molecule has 0 aromatic heterocycles. The van der Waals surface area contributed by atoms with Crippen LogP contribution >= 0.6 is 11.6 Å². The van der Waals surface area contributed by atoms with Crippen LogP contribution < -0.4 is 5.32 Å². The van der Waals surface area contributed by atoms with Crippen LogP contribution in [-0.4, -0.2) is 25.3 Å². The molecule has 1 fully saturated rings. The Balaban J connectivity index is 2.00. The Kier molecular flexibility index (Phi) is 5.04.